The van der Waals surface area contributed by atoms with Crippen LogP contribution >= 0.6 is 0 Å². The van der Waals surface area contributed by atoms with Crippen LogP contribution in [0.25, 0.3) is 28.0 Å². The molecule has 1 aliphatic rings. The first-order chi connectivity index (χ1) is 18.5. The van der Waals surface area contributed by atoms with Crippen molar-refractivity contribution in [3.8, 4) is 22.7 Å². The van der Waals surface area contributed by atoms with Crippen molar-refractivity contribution in [3.63, 3.8) is 0 Å². The molecule has 0 spiro atoms. The number of rotatable bonds is 5. The van der Waals surface area contributed by atoms with Crippen LogP contribution in [0, 0.1) is 11.6 Å². The zero-order valence-corrected chi connectivity index (χ0v) is 20.7. The maximum absolute atomic E-state index is 15.3. The number of ether oxygens (including phenoxy) is 1. The topological polar surface area (TPSA) is 85.3 Å². The molecule has 8 nitrogen and oxygen atoms in total. The number of aromatic nitrogens is 4. The summed E-state index contributed by atoms with van der Waals surface area (Å²) in [7, 11) is 1.48. The van der Waals surface area contributed by atoms with Gasteiger partial charge in [0.1, 0.15) is 23.2 Å². The van der Waals surface area contributed by atoms with Crippen molar-refractivity contribution in [2.24, 2.45) is 0 Å². The van der Waals surface area contributed by atoms with E-state index in [0.29, 0.717) is 47.2 Å². The summed E-state index contributed by atoms with van der Waals surface area (Å²) in [6, 6.07) is 20.6. The maximum atomic E-state index is 15.3. The Hall–Kier alpha value is -4.73. The highest BCUT2D eigenvalue weighted by Gasteiger charge is 2.25. The summed E-state index contributed by atoms with van der Waals surface area (Å²) in [5, 5.41) is 5.03. The number of methoxy groups -OCH3 is 1. The summed E-state index contributed by atoms with van der Waals surface area (Å²) in [6.07, 6.45) is 0. The van der Waals surface area contributed by atoms with Gasteiger partial charge in [0.15, 0.2) is 5.65 Å². The van der Waals surface area contributed by atoms with Crippen LogP contribution in [-0.4, -0.2) is 53.0 Å². The summed E-state index contributed by atoms with van der Waals surface area (Å²) < 4.78 is 35.5. The van der Waals surface area contributed by atoms with Gasteiger partial charge in [-0.25, -0.2) is 18.4 Å². The molecule has 2 N–H and O–H groups in total. The Bertz CT molecular complexity index is 1600. The Balaban J connectivity index is 1.44. The molecule has 0 amide bonds. The molecule has 0 atom stereocenters. The molecule has 192 valence electrons. The predicted octanol–water partition coefficient (Wildman–Crippen LogP) is 4.68. The fourth-order valence-corrected chi connectivity index (χ4v) is 4.73. The van der Waals surface area contributed by atoms with Crippen molar-refractivity contribution in [1.82, 2.24) is 19.7 Å². The molecule has 38 heavy (non-hydrogen) atoms. The first kappa shape index (κ1) is 23.7. The van der Waals surface area contributed by atoms with E-state index in [9.17, 15) is 4.39 Å². The summed E-state index contributed by atoms with van der Waals surface area (Å²) >= 11 is 0. The Kier molecular flexibility index (Phi) is 5.99. The van der Waals surface area contributed by atoms with E-state index < -0.39 is 5.82 Å². The van der Waals surface area contributed by atoms with Crippen molar-refractivity contribution in [1.29, 1.82) is 0 Å². The van der Waals surface area contributed by atoms with Gasteiger partial charge in [0.05, 0.1) is 23.9 Å². The van der Waals surface area contributed by atoms with Gasteiger partial charge >= 0.3 is 0 Å². The molecule has 1 saturated heterocycles. The minimum atomic E-state index is -0.502. The number of anilines is 3. The van der Waals surface area contributed by atoms with Crippen LogP contribution in [0.15, 0.2) is 72.8 Å². The number of piperazine rings is 1. The Morgan fingerprint density at radius 3 is 2.21 bits per heavy atom. The van der Waals surface area contributed by atoms with Crippen molar-refractivity contribution in [2.45, 2.75) is 0 Å². The van der Waals surface area contributed by atoms with E-state index in [1.54, 1.807) is 24.3 Å². The molecular weight excluding hydrogens is 488 g/mol. The van der Waals surface area contributed by atoms with E-state index in [-0.39, 0.29) is 17.2 Å². The number of nitrogens with two attached hydrogens (primary N) is 1. The van der Waals surface area contributed by atoms with Crippen LogP contribution in [0.4, 0.5) is 26.2 Å². The van der Waals surface area contributed by atoms with Gasteiger partial charge < -0.3 is 20.3 Å². The molecular formula is C28H25F2N7O. The molecule has 5 aromatic rings. The van der Waals surface area contributed by atoms with Gasteiger partial charge in [-0.15, -0.1) is 5.10 Å². The van der Waals surface area contributed by atoms with Crippen molar-refractivity contribution < 1.29 is 13.5 Å². The monoisotopic (exact) mass is 513 g/mol. The first-order valence-corrected chi connectivity index (χ1v) is 12.2. The van der Waals surface area contributed by atoms with E-state index >= 15 is 4.39 Å². The molecule has 0 saturated carbocycles. The van der Waals surface area contributed by atoms with Crippen molar-refractivity contribution in [3.05, 3.63) is 84.4 Å². The van der Waals surface area contributed by atoms with Gasteiger partial charge in [0.25, 0.3) is 0 Å². The molecule has 3 heterocycles. The van der Waals surface area contributed by atoms with E-state index in [2.05, 4.69) is 27.0 Å². The Morgan fingerprint density at radius 2 is 1.53 bits per heavy atom. The molecule has 0 unspecified atom stereocenters. The minimum Gasteiger partial charge on any atom is -0.497 e. The van der Waals surface area contributed by atoms with E-state index in [1.807, 2.05) is 18.2 Å². The molecule has 0 radical (unpaired) electrons. The molecule has 6 rings (SSSR count). The lowest BCUT2D eigenvalue weighted by Crippen LogP contribution is -2.47. The van der Waals surface area contributed by atoms with E-state index in [1.165, 1.54) is 30.0 Å². The van der Waals surface area contributed by atoms with Crippen LogP contribution in [0.1, 0.15) is 0 Å². The third-order valence-electron chi connectivity index (χ3n) is 6.74. The van der Waals surface area contributed by atoms with Gasteiger partial charge in [0.2, 0.25) is 5.95 Å². The fourth-order valence-electron chi connectivity index (χ4n) is 4.73. The van der Waals surface area contributed by atoms with Crippen LogP contribution in [0.3, 0.4) is 0 Å². The van der Waals surface area contributed by atoms with Gasteiger partial charge in [-0.2, -0.15) is 4.98 Å². The van der Waals surface area contributed by atoms with Gasteiger partial charge in [-0.1, -0.05) is 18.2 Å². The highest BCUT2D eigenvalue weighted by molar-refractivity contribution is 5.99. The lowest BCUT2D eigenvalue weighted by Gasteiger charge is -2.36. The number of para-hydroxylation sites is 1. The van der Waals surface area contributed by atoms with Crippen LogP contribution in [0.2, 0.25) is 0 Å². The summed E-state index contributed by atoms with van der Waals surface area (Å²) in [5.74, 6) is 0.195. The summed E-state index contributed by atoms with van der Waals surface area (Å²) in [4.78, 5) is 13.9. The van der Waals surface area contributed by atoms with Crippen LogP contribution in [0.5, 0.6) is 5.75 Å². The van der Waals surface area contributed by atoms with Crippen LogP contribution in [-0.2, 0) is 0 Å². The second-order valence-electron chi connectivity index (χ2n) is 9.00. The molecule has 0 aliphatic carbocycles. The lowest BCUT2D eigenvalue weighted by atomic mass is 10.1. The molecule has 3 aromatic carbocycles. The highest BCUT2D eigenvalue weighted by atomic mass is 19.1. The number of hydrogen-bond donors (Lipinski definition) is 1. The number of nitrogens with zero attached hydrogens (tertiary/aromatic N) is 6. The number of halogens is 2. The van der Waals surface area contributed by atoms with Gasteiger partial charge in [-0.05, 0) is 48.5 Å². The number of benzene rings is 3. The number of hydrogen-bond acceptors (Lipinski definition) is 7. The molecule has 1 fully saturated rings. The Labute approximate surface area is 217 Å². The summed E-state index contributed by atoms with van der Waals surface area (Å²) in [5.41, 5.74) is 9.16. The fraction of sp³-hybridized carbons (Fsp3) is 0.179. The SMILES string of the molecule is COc1ccc(-c2nc(N3CCN(c4ccccc4)CC3)nc3nn(-c4ccc(F)cc4)c(N)c23)c(F)c1. The summed E-state index contributed by atoms with van der Waals surface area (Å²) in [6.45, 7) is 2.92. The number of fused-ring (bicyclic) bond motifs is 1. The molecule has 1 aliphatic heterocycles. The zero-order chi connectivity index (χ0) is 26.2. The maximum Gasteiger partial charge on any atom is 0.228 e. The van der Waals surface area contributed by atoms with Crippen LogP contribution < -0.4 is 20.3 Å². The predicted molar refractivity (Wildman–Crippen MR) is 144 cm³/mol. The molecule has 10 heteroatoms. The smallest absolute Gasteiger partial charge is 0.228 e. The third kappa shape index (κ3) is 4.23. The number of nitrogen functional groups attached to an aromatic ring is 1. The first-order valence-electron chi connectivity index (χ1n) is 12.2. The molecule has 0 bridgehead atoms. The third-order valence-corrected chi connectivity index (χ3v) is 6.74. The minimum absolute atomic E-state index is 0.234. The zero-order valence-electron chi connectivity index (χ0n) is 20.7. The van der Waals surface area contributed by atoms with E-state index in [0.717, 1.165) is 18.8 Å². The molecule has 2 aromatic heterocycles. The van der Waals surface area contributed by atoms with Crippen molar-refractivity contribution >= 4 is 28.5 Å². The second-order valence-corrected chi connectivity index (χ2v) is 9.00. The standard InChI is InChI=1S/C28H25F2N7O/c1-38-21-11-12-22(23(30)17-21)25-24-26(31)37(20-9-7-18(29)8-10-20)34-27(24)33-28(32-25)36-15-13-35(14-16-36)19-5-3-2-4-6-19/h2-12,17H,13-16,31H2,1H3. The van der Waals surface area contributed by atoms with E-state index in [4.69, 9.17) is 20.4 Å². The quantitative estimate of drug-likeness (QED) is 0.365. The highest BCUT2D eigenvalue weighted by Crippen LogP contribution is 2.36. The normalized spacial score (nSPS) is 13.8. The second kappa shape index (κ2) is 9.62. The average molecular weight is 514 g/mol. The van der Waals surface area contributed by atoms with Gasteiger partial charge in [0, 0.05) is 43.5 Å². The average Bonchev–Trinajstić information content (AvgIpc) is 3.29. The largest absolute Gasteiger partial charge is 0.497 e. The van der Waals surface area contributed by atoms with Crippen molar-refractivity contribution in [2.75, 3.05) is 48.8 Å². The Morgan fingerprint density at radius 1 is 0.816 bits per heavy atom. The van der Waals surface area contributed by atoms with Gasteiger partial charge in [-0.3, -0.25) is 0 Å². The lowest BCUT2D eigenvalue weighted by molar-refractivity contribution is 0.411.